The van der Waals surface area contributed by atoms with Crippen LogP contribution in [0.25, 0.3) is 0 Å². The first kappa shape index (κ1) is 23.8. The lowest BCUT2D eigenvalue weighted by Gasteiger charge is -2.26. The molecule has 1 aromatic rings. The van der Waals surface area contributed by atoms with Gasteiger partial charge in [-0.3, -0.25) is 9.59 Å². The van der Waals surface area contributed by atoms with Gasteiger partial charge in [-0.15, -0.1) is 0 Å². The van der Waals surface area contributed by atoms with Crippen molar-refractivity contribution >= 4 is 24.2 Å². The topological polar surface area (TPSA) is 128 Å². The predicted octanol–water partition coefficient (Wildman–Crippen LogP) is 2.24. The standard InChI is InChI=1S/C24H33N3O5/c25-24(31)32-21(12-17-9-5-2-6-10-17)23(30)27-20(15-28)14-18-13-19(26-22(18)29)11-16-7-3-1-4-8-16/h1,3-4,7-8,15,17-21H,2,5-6,9-14H2,(H2,25,31)(H,26,29)(H,27,30)/t18?,19?,20?,21-/m0/s1. The first-order valence-corrected chi connectivity index (χ1v) is 11.5. The highest BCUT2D eigenvalue weighted by atomic mass is 16.6. The van der Waals surface area contributed by atoms with E-state index in [0.29, 0.717) is 19.1 Å². The van der Waals surface area contributed by atoms with Crippen LogP contribution in [-0.2, 0) is 25.5 Å². The summed E-state index contributed by atoms with van der Waals surface area (Å²) in [6, 6.07) is 9.05. The van der Waals surface area contributed by atoms with Crippen LogP contribution in [0.5, 0.6) is 0 Å². The van der Waals surface area contributed by atoms with Gasteiger partial charge in [0.05, 0.1) is 6.04 Å². The second kappa shape index (κ2) is 11.6. The van der Waals surface area contributed by atoms with E-state index in [1.54, 1.807) is 0 Å². The Bertz CT molecular complexity index is 794. The average Bonchev–Trinajstić information content (AvgIpc) is 3.12. The van der Waals surface area contributed by atoms with Gasteiger partial charge in [-0.2, -0.15) is 0 Å². The number of benzene rings is 1. The molecule has 0 aromatic heterocycles. The molecular formula is C24H33N3O5. The number of ether oxygens (including phenoxy) is 1. The fraction of sp³-hybridized carbons (Fsp3) is 0.583. The van der Waals surface area contributed by atoms with Gasteiger partial charge in [0, 0.05) is 12.0 Å². The zero-order chi connectivity index (χ0) is 22.9. The van der Waals surface area contributed by atoms with E-state index in [2.05, 4.69) is 10.6 Å². The molecule has 4 atom stereocenters. The molecule has 0 radical (unpaired) electrons. The van der Waals surface area contributed by atoms with Crippen LogP contribution in [0.15, 0.2) is 30.3 Å². The predicted molar refractivity (Wildman–Crippen MR) is 118 cm³/mol. The molecule has 32 heavy (non-hydrogen) atoms. The zero-order valence-corrected chi connectivity index (χ0v) is 18.3. The number of carbonyl (C=O) groups excluding carboxylic acids is 4. The van der Waals surface area contributed by atoms with E-state index in [0.717, 1.165) is 37.7 Å². The number of hydrogen-bond acceptors (Lipinski definition) is 5. The van der Waals surface area contributed by atoms with Crippen molar-refractivity contribution in [1.29, 1.82) is 0 Å². The molecule has 1 saturated carbocycles. The Morgan fingerprint density at radius 3 is 2.53 bits per heavy atom. The van der Waals surface area contributed by atoms with Crippen LogP contribution in [0.3, 0.4) is 0 Å². The van der Waals surface area contributed by atoms with Crippen LogP contribution in [0.2, 0.25) is 0 Å². The fourth-order valence-corrected chi connectivity index (χ4v) is 4.87. The summed E-state index contributed by atoms with van der Waals surface area (Å²) < 4.78 is 5.07. The minimum atomic E-state index is -1.03. The van der Waals surface area contributed by atoms with Crippen molar-refractivity contribution in [1.82, 2.24) is 10.6 Å². The quantitative estimate of drug-likeness (QED) is 0.478. The molecule has 1 aromatic carbocycles. The van der Waals surface area contributed by atoms with Gasteiger partial charge in [0.25, 0.3) is 5.91 Å². The third kappa shape index (κ3) is 7.07. The first-order valence-electron chi connectivity index (χ1n) is 11.5. The Balaban J connectivity index is 1.54. The van der Waals surface area contributed by atoms with Crippen molar-refractivity contribution in [3.8, 4) is 0 Å². The normalized spacial score (nSPS) is 23.1. The lowest BCUT2D eigenvalue weighted by Crippen LogP contribution is -2.46. The number of nitrogens with one attached hydrogen (secondary N) is 2. The molecule has 1 saturated heterocycles. The molecule has 2 fully saturated rings. The number of primary amides is 1. The average molecular weight is 444 g/mol. The van der Waals surface area contributed by atoms with Crippen LogP contribution in [0.4, 0.5) is 4.79 Å². The van der Waals surface area contributed by atoms with Gasteiger partial charge < -0.3 is 25.9 Å². The molecule has 8 nitrogen and oxygen atoms in total. The van der Waals surface area contributed by atoms with Crippen molar-refractivity contribution < 1.29 is 23.9 Å². The number of aldehydes is 1. The highest BCUT2D eigenvalue weighted by Crippen LogP contribution is 2.28. The summed E-state index contributed by atoms with van der Waals surface area (Å²) in [5.74, 6) is -0.731. The van der Waals surface area contributed by atoms with Gasteiger partial charge >= 0.3 is 6.09 Å². The van der Waals surface area contributed by atoms with Crippen LogP contribution in [0.1, 0.15) is 56.9 Å². The Morgan fingerprint density at radius 1 is 1.16 bits per heavy atom. The van der Waals surface area contributed by atoms with Crippen molar-refractivity contribution in [3.05, 3.63) is 35.9 Å². The Kier molecular flexibility index (Phi) is 8.64. The number of nitrogens with two attached hydrogens (primary N) is 1. The van der Waals surface area contributed by atoms with E-state index < -0.39 is 24.1 Å². The first-order chi connectivity index (χ1) is 15.4. The summed E-state index contributed by atoms with van der Waals surface area (Å²) in [7, 11) is 0. The van der Waals surface area contributed by atoms with Gasteiger partial charge in [-0.05, 0) is 37.2 Å². The molecule has 3 amide bonds. The van der Waals surface area contributed by atoms with Gasteiger partial charge in [0.2, 0.25) is 5.91 Å². The molecule has 3 rings (SSSR count). The second-order valence-electron chi connectivity index (χ2n) is 8.98. The maximum Gasteiger partial charge on any atom is 0.405 e. The smallest absolute Gasteiger partial charge is 0.405 e. The van der Waals surface area contributed by atoms with E-state index >= 15 is 0 Å². The maximum absolute atomic E-state index is 12.8. The number of hydrogen-bond donors (Lipinski definition) is 3. The van der Waals surface area contributed by atoms with E-state index in [1.807, 2.05) is 30.3 Å². The highest BCUT2D eigenvalue weighted by Gasteiger charge is 2.35. The van der Waals surface area contributed by atoms with Gasteiger partial charge in [0.1, 0.15) is 6.29 Å². The summed E-state index contributed by atoms with van der Waals surface area (Å²) in [5.41, 5.74) is 6.30. The van der Waals surface area contributed by atoms with E-state index in [9.17, 15) is 19.2 Å². The lowest BCUT2D eigenvalue weighted by molar-refractivity contribution is -0.133. The monoisotopic (exact) mass is 443 g/mol. The summed E-state index contributed by atoms with van der Waals surface area (Å²) in [6.45, 7) is 0. The summed E-state index contributed by atoms with van der Waals surface area (Å²) >= 11 is 0. The third-order valence-electron chi connectivity index (χ3n) is 6.46. The van der Waals surface area contributed by atoms with Gasteiger partial charge in [-0.1, -0.05) is 62.4 Å². The minimum Gasteiger partial charge on any atom is -0.436 e. The molecule has 1 aliphatic heterocycles. The molecule has 2 aliphatic rings. The summed E-state index contributed by atoms with van der Waals surface area (Å²) in [5, 5.41) is 5.64. The molecule has 1 heterocycles. The fourth-order valence-electron chi connectivity index (χ4n) is 4.87. The summed E-state index contributed by atoms with van der Waals surface area (Å²) in [6.07, 6.45) is 5.83. The SMILES string of the molecule is NC(=O)O[C@@H](CC1CCCCC1)C(=O)NC(C=O)CC1CC(Cc2ccccc2)NC1=O. The molecule has 174 valence electrons. The lowest BCUT2D eigenvalue weighted by atomic mass is 9.85. The number of carbonyl (C=O) groups is 4. The van der Waals surface area contributed by atoms with Crippen molar-refractivity contribution in [2.75, 3.05) is 0 Å². The Hall–Kier alpha value is -2.90. The number of amides is 3. The molecule has 3 unspecified atom stereocenters. The van der Waals surface area contributed by atoms with Crippen LogP contribution in [0, 0.1) is 11.8 Å². The molecule has 1 aliphatic carbocycles. The Morgan fingerprint density at radius 2 is 1.88 bits per heavy atom. The van der Waals surface area contributed by atoms with Crippen molar-refractivity contribution in [2.24, 2.45) is 17.6 Å². The Labute approximate surface area is 188 Å². The van der Waals surface area contributed by atoms with E-state index in [-0.39, 0.29) is 30.2 Å². The maximum atomic E-state index is 12.8. The largest absolute Gasteiger partial charge is 0.436 e. The van der Waals surface area contributed by atoms with E-state index in [4.69, 9.17) is 10.5 Å². The minimum absolute atomic E-state index is 0.00449. The van der Waals surface area contributed by atoms with E-state index in [1.165, 1.54) is 6.42 Å². The molecule has 0 bridgehead atoms. The van der Waals surface area contributed by atoms with Crippen LogP contribution in [-0.4, -0.2) is 42.4 Å². The molecule has 8 heteroatoms. The third-order valence-corrected chi connectivity index (χ3v) is 6.46. The molecule has 0 spiro atoms. The molecule has 4 N–H and O–H groups in total. The molecular weight excluding hydrogens is 410 g/mol. The van der Waals surface area contributed by atoms with Crippen LogP contribution >= 0.6 is 0 Å². The van der Waals surface area contributed by atoms with Crippen LogP contribution < -0.4 is 16.4 Å². The van der Waals surface area contributed by atoms with Gasteiger partial charge in [0.15, 0.2) is 6.10 Å². The second-order valence-corrected chi connectivity index (χ2v) is 8.98. The van der Waals surface area contributed by atoms with Gasteiger partial charge in [-0.25, -0.2) is 4.79 Å². The number of rotatable bonds is 10. The zero-order valence-electron chi connectivity index (χ0n) is 18.3. The van der Waals surface area contributed by atoms with Crippen molar-refractivity contribution in [3.63, 3.8) is 0 Å². The van der Waals surface area contributed by atoms with Crippen molar-refractivity contribution in [2.45, 2.75) is 76.0 Å². The highest BCUT2D eigenvalue weighted by molar-refractivity contribution is 5.86. The summed E-state index contributed by atoms with van der Waals surface area (Å²) in [4.78, 5) is 48.2.